The van der Waals surface area contributed by atoms with Crippen LogP contribution in [0.5, 0.6) is 0 Å². The molecule has 1 aromatic rings. The zero-order valence-corrected chi connectivity index (χ0v) is 10.0. The second-order valence-electron chi connectivity index (χ2n) is 4.45. The summed E-state index contributed by atoms with van der Waals surface area (Å²) < 4.78 is 44.5. The van der Waals surface area contributed by atoms with Crippen molar-refractivity contribution in [2.24, 2.45) is 0 Å². The minimum absolute atomic E-state index is 0.125. The highest BCUT2D eigenvalue weighted by Crippen LogP contribution is 2.20. The SMILES string of the molecule is Fc1cc(F)c(F)c(NCCCC2CCCO2)c1. The lowest BCUT2D eigenvalue weighted by molar-refractivity contribution is 0.103. The van der Waals surface area contributed by atoms with Gasteiger partial charge in [-0.25, -0.2) is 13.2 Å². The maximum absolute atomic E-state index is 13.3. The van der Waals surface area contributed by atoms with Gasteiger partial charge in [-0.2, -0.15) is 0 Å². The summed E-state index contributed by atoms with van der Waals surface area (Å²) in [6.07, 6.45) is 4.08. The van der Waals surface area contributed by atoms with Crippen molar-refractivity contribution in [1.29, 1.82) is 0 Å². The number of nitrogens with one attached hydrogen (secondary N) is 1. The molecule has 1 atom stereocenters. The minimum Gasteiger partial charge on any atom is -0.383 e. The van der Waals surface area contributed by atoms with E-state index in [0.29, 0.717) is 12.6 Å². The quantitative estimate of drug-likeness (QED) is 0.645. The summed E-state index contributed by atoms with van der Waals surface area (Å²) in [6.45, 7) is 1.28. The lowest BCUT2D eigenvalue weighted by Crippen LogP contribution is -2.10. The molecular formula is C13H16F3NO. The Bertz CT molecular complexity index is 405. The molecule has 1 unspecified atom stereocenters. The Balaban J connectivity index is 1.79. The largest absolute Gasteiger partial charge is 0.383 e. The summed E-state index contributed by atoms with van der Waals surface area (Å²) in [5, 5.41) is 2.71. The van der Waals surface area contributed by atoms with Gasteiger partial charge in [-0.15, -0.1) is 0 Å². The van der Waals surface area contributed by atoms with E-state index in [2.05, 4.69) is 5.32 Å². The van der Waals surface area contributed by atoms with Gasteiger partial charge in [-0.1, -0.05) is 0 Å². The molecule has 0 amide bonds. The fourth-order valence-corrected chi connectivity index (χ4v) is 2.11. The van der Waals surface area contributed by atoms with E-state index in [9.17, 15) is 13.2 Å². The van der Waals surface area contributed by atoms with Gasteiger partial charge in [-0.3, -0.25) is 0 Å². The van der Waals surface area contributed by atoms with Crippen LogP contribution in [0.2, 0.25) is 0 Å². The van der Waals surface area contributed by atoms with Crippen LogP contribution in [0.15, 0.2) is 12.1 Å². The third kappa shape index (κ3) is 3.38. The van der Waals surface area contributed by atoms with Crippen LogP contribution in [0.4, 0.5) is 18.9 Å². The van der Waals surface area contributed by atoms with Gasteiger partial charge < -0.3 is 10.1 Å². The highest BCUT2D eigenvalue weighted by atomic mass is 19.2. The van der Waals surface area contributed by atoms with Crippen molar-refractivity contribution in [2.45, 2.75) is 31.8 Å². The van der Waals surface area contributed by atoms with Gasteiger partial charge in [0, 0.05) is 25.3 Å². The molecule has 1 heterocycles. The number of rotatable bonds is 5. The average Bonchev–Trinajstić information content (AvgIpc) is 2.83. The lowest BCUT2D eigenvalue weighted by atomic mass is 10.1. The molecule has 1 N–H and O–H groups in total. The summed E-state index contributed by atoms with van der Waals surface area (Å²) in [6, 6.07) is 1.50. The molecule has 1 aliphatic heterocycles. The van der Waals surface area contributed by atoms with Crippen LogP contribution in [0.1, 0.15) is 25.7 Å². The number of anilines is 1. The maximum Gasteiger partial charge on any atom is 0.182 e. The Morgan fingerprint density at radius 2 is 2.11 bits per heavy atom. The van der Waals surface area contributed by atoms with Gasteiger partial charge in [0.1, 0.15) is 5.82 Å². The van der Waals surface area contributed by atoms with Crippen molar-refractivity contribution in [3.05, 3.63) is 29.6 Å². The van der Waals surface area contributed by atoms with E-state index in [0.717, 1.165) is 38.4 Å². The second-order valence-corrected chi connectivity index (χ2v) is 4.45. The molecule has 0 aromatic heterocycles. The molecule has 1 fully saturated rings. The molecule has 0 spiro atoms. The molecule has 1 aromatic carbocycles. The molecule has 5 heteroatoms. The van der Waals surface area contributed by atoms with Crippen LogP contribution in [0.3, 0.4) is 0 Å². The van der Waals surface area contributed by atoms with Gasteiger partial charge in [0.05, 0.1) is 11.8 Å². The predicted octanol–water partition coefficient (Wildman–Crippen LogP) is 3.48. The van der Waals surface area contributed by atoms with E-state index >= 15 is 0 Å². The molecule has 0 radical (unpaired) electrons. The molecule has 1 saturated heterocycles. The van der Waals surface area contributed by atoms with Crippen LogP contribution < -0.4 is 5.32 Å². The van der Waals surface area contributed by atoms with E-state index in [1.54, 1.807) is 0 Å². The second kappa shape index (κ2) is 6.09. The van der Waals surface area contributed by atoms with Gasteiger partial charge in [0.25, 0.3) is 0 Å². The first-order chi connectivity index (χ1) is 8.66. The number of ether oxygens (including phenoxy) is 1. The van der Waals surface area contributed by atoms with Crippen LogP contribution in [-0.4, -0.2) is 19.3 Å². The van der Waals surface area contributed by atoms with Gasteiger partial charge >= 0.3 is 0 Å². The first-order valence-corrected chi connectivity index (χ1v) is 6.17. The van der Waals surface area contributed by atoms with Crippen molar-refractivity contribution in [3.8, 4) is 0 Å². The number of hydrogen-bond acceptors (Lipinski definition) is 2. The number of hydrogen-bond donors (Lipinski definition) is 1. The van der Waals surface area contributed by atoms with E-state index in [1.807, 2.05) is 0 Å². The molecule has 1 aliphatic rings. The fourth-order valence-electron chi connectivity index (χ4n) is 2.11. The minimum atomic E-state index is -1.17. The summed E-state index contributed by atoms with van der Waals surface area (Å²) in [7, 11) is 0. The Labute approximate surface area is 104 Å². The van der Waals surface area contributed by atoms with Crippen molar-refractivity contribution >= 4 is 5.69 Å². The zero-order valence-electron chi connectivity index (χ0n) is 10.0. The van der Waals surface area contributed by atoms with E-state index in [1.165, 1.54) is 0 Å². The first-order valence-electron chi connectivity index (χ1n) is 6.17. The molecule has 0 bridgehead atoms. The Morgan fingerprint density at radius 1 is 1.28 bits per heavy atom. The van der Waals surface area contributed by atoms with Crippen molar-refractivity contribution < 1.29 is 17.9 Å². The average molecular weight is 259 g/mol. The smallest absolute Gasteiger partial charge is 0.182 e. The third-order valence-electron chi connectivity index (χ3n) is 3.04. The fraction of sp³-hybridized carbons (Fsp3) is 0.538. The highest BCUT2D eigenvalue weighted by Gasteiger charge is 2.15. The summed E-state index contributed by atoms with van der Waals surface area (Å²) in [5.74, 6) is -2.99. The van der Waals surface area contributed by atoms with Crippen molar-refractivity contribution in [2.75, 3.05) is 18.5 Å². The van der Waals surface area contributed by atoms with Crippen molar-refractivity contribution in [1.82, 2.24) is 0 Å². The van der Waals surface area contributed by atoms with Crippen LogP contribution in [-0.2, 0) is 4.74 Å². The highest BCUT2D eigenvalue weighted by molar-refractivity contribution is 5.45. The lowest BCUT2D eigenvalue weighted by Gasteiger charge is -2.11. The normalized spacial score (nSPS) is 19.2. The molecule has 2 nitrogen and oxygen atoms in total. The van der Waals surface area contributed by atoms with Crippen molar-refractivity contribution in [3.63, 3.8) is 0 Å². The Morgan fingerprint density at radius 3 is 2.83 bits per heavy atom. The summed E-state index contributed by atoms with van der Waals surface area (Å²) >= 11 is 0. The molecule has 2 rings (SSSR count). The van der Waals surface area contributed by atoms with Gasteiger partial charge in [0.15, 0.2) is 11.6 Å². The Hall–Kier alpha value is -1.23. The summed E-state index contributed by atoms with van der Waals surface area (Å²) in [4.78, 5) is 0. The number of halogens is 3. The molecule has 100 valence electrons. The van der Waals surface area contributed by atoms with E-state index in [-0.39, 0.29) is 11.8 Å². The monoisotopic (exact) mass is 259 g/mol. The third-order valence-corrected chi connectivity index (χ3v) is 3.04. The van der Waals surface area contributed by atoms with Gasteiger partial charge in [-0.05, 0) is 25.7 Å². The zero-order chi connectivity index (χ0) is 13.0. The van der Waals surface area contributed by atoms with Crippen LogP contribution >= 0.6 is 0 Å². The Kier molecular flexibility index (Phi) is 4.47. The number of benzene rings is 1. The topological polar surface area (TPSA) is 21.3 Å². The molecule has 0 aliphatic carbocycles. The van der Waals surface area contributed by atoms with E-state index < -0.39 is 17.5 Å². The van der Waals surface area contributed by atoms with Crippen LogP contribution in [0.25, 0.3) is 0 Å². The molecule has 0 saturated carbocycles. The van der Waals surface area contributed by atoms with Gasteiger partial charge in [0.2, 0.25) is 0 Å². The first kappa shape index (κ1) is 13.2. The maximum atomic E-state index is 13.3. The standard InChI is InChI=1S/C13H16F3NO/c14-9-7-11(15)13(16)12(8-9)17-5-1-3-10-4-2-6-18-10/h7-8,10,17H,1-6H2. The molecule has 18 heavy (non-hydrogen) atoms. The molecular weight excluding hydrogens is 243 g/mol. The van der Waals surface area contributed by atoms with Crippen LogP contribution in [0, 0.1) is 17.5 Å². The van der Waals surface area contributed by atoms with E-state index in [4.69, 9.17) is 4.74 Å². The summed E-state index contributed by atoms with van der Waals surface area (Å²) in [5.41, 5.74) is -0.125. The predicted molar refractivity (Wildman–Crippen MR) is 63.0 cm³/mol.